The maximum Gasteiger partial charge on any atom is 0.408 e. The molecule has 9 nitrogen and oxygen atoms in total. The molecule has 3 heterocycles. The fourth-order valence-electron chi connectivity index (χ4n) is 7.84. The third kappa shape index (κ3) is 8.94. The summed E-state index contributed by atoms with van der Waals surface area (Å²) in [6.45, 7) is 7.64. The Bertz CT molecular complexity index is 1990. The molecule has 4 aromatic carbocycles. The second-order valence-electron chi connectivity index (χ2n) is 14.2. The molecular formula is C44H50FN5O4. The molecule has 54 heavy (non-hydrogen) atoms. The Morgan fingerprint density at radius 3 is 2.26 bits per heavy atom. The van der Waals surface area contributed by atoms with Crippen LogP contribution in [-0.4, -0.2) is 89.7 Å². The fraction of sp³-hybridized carbons (Fsp3) is 0.364. The van der Waals surface area contributed by atoms with Crippen molar-refractivity contribution in [1.29, 1.82) is 0 Å². The van der Waals surface area contributed by atoms with Crippen molar-refractivity contribution >= 4 is 22.9 Å². The first-order valence-electron chi connectivity index (χ1n) is 19.2. The maximum absolute atomic E-state index is 14.8. The number of amides is 2. The standard InChI is InChI=1S/C44H50FN5O4/c1-2-53-41-19-11-17-39(45)38(41)31-48-26-28-49(29-27-48)43(51)42(46-44(52)54-32-33-12-5-3-6-13-33)34-20-23-47(24-21-34)25-22-35-30-50(36-14-7-4-8-15-36)40-18-10-9-16-37(35)40/h3-19,30,34,42H,2,20-29,31-32H2,1H3,(H,46,52)/t42-/m1/s1. The lowest BCUT2D eigenvalue weighted by atomic mass is 9.88. The van der Waals surface area contributed by atoms with Gasteiger partial charge in [-0.2, -0.15) is 0 Å². The summed E-state index contributed by atoms with van der Waals surface area (Å²) in [6.07, 6.45) is 4.17. The SMILES string of the molecule is CCOc1cccc(F)c1CN1CCN(C(=O)[C@H](NC(=O)OCc2ccccc2)C2CCN(CCc3cn(-c4ccccc4)c4ccccc34)CC2)CC1. The van der Waals surface area contributed by atoms with Gasteiger partial charge in [-0.15, -0.1) is 0 Å². The van der Waals surface area contributed by atoms with Crippen LogP contribution in [0, 0.1) is 11.7 Å². The van der Waals surface area contributed by atoms with Crippen molar-refractivity contribution in [2.45, 2.75) is 45.4 Å². The number of ether oxygens (including phenoxy) is 2. The Morgan fingerprint density at radius 1 is 0.815 bits per heavy atom. The molecule has 2 aliphatic rings. The zero-order valence-corrected chi connectivity index (χ0v) is 31.0. The van der Waals surface area contributed by atoms with Crippen LogP contribution >= 0.6 is 0 Å². The zero-order valence-electron chi connectivity index (χ0n) is 31.0. The second kappa shape index (κ2) is 17.8. The molecule has 0 radical (unpaired) electrons. The van der Waals surface area contributed by atoms with Gasteiger partial charge in [0.15, 0.2) is 0 Å². The zero-order chi connectivity index (χ0) is 37.3. The van der Waals surface area contributed by atoms with Gasteiger partial charge in [-0.3, -0.25) is 9.69 Å². The summed E-state index contributed by atoms with van der Waals surface area (Å²) in [5.41, 5.74) is 5.08. The average molecular weight is 732 g/mol. The summed E-state index contributed by atoms with van der Waals surface area (Å²) in [4.78, 5) is 33.9. The van der Waals surface area contributed by atoms with Gasteiger partial charge in [0.1, 0.15) is 24.2 Å². The molecule has 10 heteroatoms. The number of nitrogens with zero attached hydrogens (tertiary/aromatic N) is 4. The minimum Gasteiger partial charge on any atom is -0.493 e. The molecular weight excluding hydrogens is 682 g/mol. The molecule has 0 unspecified atom stereocenters. The van der Waals surface area contributed by atoms with E-state index in [9.17, 15) is 14.0 Å². The summed E-state index contributed by atoms with van der Waals surface area (Å²) in [7, 11) is 0. The molecule has 0 aliphatic carbocycles. The van der Waals surface area contributed by atoms with Crippen LogP contribution in [0.4, 0.5) is 9.18 Å². The lowest BCUT2D eigenvalue weighted by Gasteiger charge is -2.40. The monoisotopic (exact) mass is 731 g/mol. The molecule has 1 aromatic heterocycles. The number of alkyl carbamates (subject to hydrolysis) is 1. The van der Waals surface area contributed by atoms with Crippen molar-refractivity contribution in [3.63, 3.8) is 0 Å². The van der Waals surface area contributed by atoms with Gasteiger partial charge < -0.3 is 29.2 Å². The first kappa shape index (κ1) is 37.1. The summed E-state index contributed by atoms with van der Waals surface area (Å²) in [5, 5.41) is 4.26. The number of halogens is 1. The molecule has 2 saturated heterocycles. The van der Waals surface area contributed by atoms with Crippen LogP contribution in [0.5, 0.6) is 5.75 Å². The van der Waals surface area contributed by atoms with Crippen LogP contribution in [-0.2, 0) is 29.1 Å². The molecule has 5 aromatic rings. The van der Waals surface area contributed by atoms with Crippen molar-refractivity contribution in [3.8, 4) is 11.4 Å². The highest BCUT2D eigenvalue weighted by molar-refractivity contribution is 5.86. The lowest BCUT2D eigenvalue weighted by molar-refractivity contribution is -0.137. The number of aromatic nitrogens is 1. The van der Waals surface area contributed by atoms with Crippen LogP contribution in [0.2, 0.25) is 0 Å². The summed E-state index contributed by atoms with van der Waals surface area (Å²) >= 11 is 0. The largest absolute Gasteiger partial charge is 0.493 e. The van der Waals surface area contributed by atoms with E-state index in [4.69, 9.17) is 9.47 Å². The maximum atomic E-state index is 14.8. The van der Waals surface area contributed by atoms with E-state index < -0.39 is 12.1 Å². The Labute approximate surface area is 317 Å². The predicted octanol–water partition coefficient (Wildman–Crippen LogP) is 7.06. The van der Waals surface area contributed by atoms with Gasteiger partial charge in [0.25, 0.3) is 0 Å². The number of hydrogen-bond acceptors (Lipinski definition) is 6. The number of carbonyl (C=O) groups excluding carboxylic acids is 2. The number of nitrogens with one attached hydrogen (secondary N) is 1. The van der Waals surface area contributed by atoms with E-state index in [2.05, 4.69) is 74.4 Å². The van der Waals surface area contributed by atoms with E-state index in [1.807, 2.05) is 48.2 Å². The molecule has 7 rings (SSSR count). The van der Waals surface area contributed by atoms with Crippen molar-refractivity contribution in [1.82, 2.24) is 24.6 Å². The van der Waals surface area contributed by atoms with Crippen molar-refractivity contribution in [3.05, 3.63) is 132 Å². The molecule has 2 fully saturated rings. The van der Waals surface area contributed by atoms with Gasteiger partial charge in [-0.1, -0.05) is 72.8 Å². The van der Waals surface area contributed by atoms with Crippen molar-refractivity contribution in [2.24, 2.45) is 5.92 Å². The summed E-state index contributed by atoms with van der Waals surface area (Å²) in [6, 6.07) is 32.8. The van der Waals surface area contributed by atoms with E-state index in [1.54, 1.807) is 12.1 Å². The summed E-state index contributed by atoms with van der Waals surface area (Å²) < 4.78 is 28.4. The van der Waals surface area contributed by atoms with Gasteiger partial charge in [-0.25, -0.2) is 9.18 Å². The highest BCUT2D eigenvalue weighted by atomic mass is 19.1. The van der Waals surface area contributed by atoms with Gasteiger partial charge in [0.05, 0.1) is 12.1 Å². The molecule has 2 aliphatic heterocycles. The van der Waals surface area contributed by atoms with Crippen LogP contribution in [0.1, 0.15) is 36.5 Å². The van der Waals surface area contributed by atoms with Crippen molar-refractivity contribution in [2.75, 3.05) is 52.4 Å². The highest BCUT2D eigenvalue weighted by Crippen LogP contribution is 2.28. The van der Waals surface area contributed by atoms with Crippen LogP contribution in [0.15, 0.2) is 109 Å². The van der Waals surface area contributed by atoms with E-state index in [-0.39, 0.29) is 24.2 Å². The van der Waals surface area contributed by atoms with Crippen molar-refractivity contribution < 1.29 is 23.5 Å². The Kier molecular flexibility index (Phi) is 12.2. The third-order valence-electron chi connectivity index (χ3n) is 10.8. The highest BCUT2D eigenvalue weighted by Gasteiger charge is 2.37. The van der Waals surface area contributed by atoms with E-state index in [0.717, 1.165) is 50.1 Å². The smallest absolute Gasteiger partial charge is 0.408 e. The number of piperidine rings is 1. The number of fused-ring (bicyclic) bond motifs is 1. The number of para-hydroxylation sites is 2. The van der Waals surface area contributed by atoms with Gasteiger partial charge >= 0.3 is 6.09 Å². The first-order chi connectivity index (χ1) is 26.5. The number of carbonyl (C=O) groups is 2. The molecule has 1 atom stereocenters. The molecule has 282 valence electrons. The molecule has 1 N–H and O–H groups in total. The van der Waals surface area contributed by atoms with Gasteiger partial charge in [-0.05, 0) is 86.7 Å². The number of piperazine rings is 1. The number of benzene rings is 4. The van der Waals surface area contributed by atoms with E-state index in [0.29, 0.717) is 50.6 Å². The number of hydrogen-bond donors (Lipinski definition) is 1. The van der Waals surface area contributed by atoms with Crippen LogP contribution < -0.4 is 10.1 Å². The predicted molar refractivity (Wildman–Crippen MR) is 209 cm³/mol. The molecule has 2 amide bonds. The fourth-order valence-corrected chi connectivity index (χ4v) is 7.84. The normalized spacial score (nSPS) is 16.3. The topological polar surface area (TPSA) is 79.3 Å². The van der Waals surface area contributed by atoms with E-state index in [1.165, 1.54) is 22.5 Å². The lowest BCUT2D eigenvalue weighted by Crippen LogP contribution is -2.58. The average Bonchev–Trinajstić information content (AvgIpc) is 3.59. The quantitative estimate of drug-likeness (QED) is 0.140. The first-order valence-corrected chi connectivity index (χ1v) is 19.2. The van der Waals surface area contributed by atoms with Gasteiger partial charge in [0.2, 0.25) is 5.91 Å². The minimum absolute atomic E-state index is 0.0248. The van der Waals surface area contributed by atoms with Crippen LogP contribution in [0.25, 0.3) is 16.6 Å². The second-order valence-corrected chi connectivity index (χ2v) is 14.2. The van der Waals surface area contributed by atoms with Gasteiger partial charge in [0, 0.05) is 62.1 Å². The summed E-state index contributed by atoms with van der Waals surface area (Å²) in [5.74, 6) is 0.158. The minimum atomic E-state index is -0.693. The Morgan fingerprint density at radius 2 is 1.52 bits per heavy atom. The Hall–Kier alpha value is -5.19. The van der Waals surface area contributed by atoms with Crippen LogP contribution in [0.3, 0.4) is 0 Å². The molecule has 0 saturated carbocycles. The molecule has 0 bridgehead atoms. The van der Waals surface area contributed by atoms with E-state index >= 15 is 0 Å². The molecule has 0 spiro atoms. The Balaban J connectivity index is 0.983. The number of likely N-dealkylation sites (tertiary alicyclic amines) is 1. The number of rotatable bonds is 13. The third-order valence-corrected chi connectivity index (χ3v) is 10.8.